The lowest BCUT2D eigenvalue weighted by Crippen LogP contribution is -2.27. The van der Waals surface area contributed by atoms with E-state index in [-0.39, 0.29) is 11.9 Å². The Kier molecular flexibility index (Phi) is 6.64. The van der Waals surface area contributed by atoms with Crippen molar-refractivity contribution in [3.8, 4) is 0 Å². The summed E-state index contributed by atoms with van der Waals surface area (Å²) in [4.78, 5) is 15.2. The summed E-state index contributed by atoms with van der Waals surface area (Å²) in [6.07, 6.45) is 5.78. The molecule has 32 heavy (non-hydrogen) atoms. The Hall–Kier alpha value is -3.88. The highest BCUT2D eigenvalue weighted by atomic mass is 19.1. The van der Waals surface area contributed by atoms with E-state index in [1.54, 1.807) is 43.0 Å². The third-order valence-electron chi connectivity index (χ3n) is 4.84. The van der Waals surface area contributed by atoms with Gasteiger partial charge in [0, 0.05) is 37.6 Å². The van der Waals surface area contributed by atoms with E-state index in [9.17, 15) is 9.50 Å². The van der Waals surface area contributed by atoms with E-state index in [2.05, 4.69) is 20.3 Å². The molecule has 0 bridgehead atoms. The van der Waals surface area contributed by atoms with E-state index >= 15 is 0 Å². The van der Waals surface area contributed by atoms with E-state index in [1.165, 1.54) is 19.2 Å². The largest absolute Gasteiger partial charge is 0.351 e. The van der Waals surface area contributed by atoms with E-state index < -0.39 is 6.41 Å². The van der Waals surface area contributed by atoms with Gasteiger partial charge in [-0.3, -0.25) is 9.97 Å². The van der Waals surface area contributed by atoms with Gasteiger partial charge in [0.2, 0.25) is 6.41 Å². The topological polar surface area (TPSA) is 83.4 Å². The van der Waals surface area contributed by atoms with E-state index in [0.717, 1.165) is 16.8 Å². The second-order valence-electron chi connectivity index (χ2n) is 6.94. The van der Waals surface area contributed by atoms with Crippen LogP contribution in [-0.4, -0.2) is 33.6 Å². The van der Waals surface area contributed by atoms with Crippen molar-refractivity contribution in [1.29, 1.82) is 0 Å². The average molecular weight is 431 g/mol. The minimum Gasteiger partial charge on any atom is -0.351 e. The highest BCUT2D eigenvalue weighted by Crippen LogP contribution is 2.38. The molecule has 3 heterocycles. The molecule has 3 aromatic heterocycles. The first-order valence-corrected chi connectivity index (χ1v) is 9.95. The van der Waals surface area contributed by atoms with Crippen molar-refractivity contribution in [3.05, 3.63) is 108 Å². The van der Waals surface area contributed by atoms with Crippen LogP contribution in [0.2, 0.25) is 0 Å². The number of pyridine rings is 3. The molecule has 4 aromatic rings. The molecule has 0 saturated heterocycles. The van der Waals surface area contributed by atoms with Gasteiger partial charge in [-0.05, 0) is 59.7 Å². The summed E-state index contributed by atoms with van der Waals surface area (Å²) in [6.45, 7) is 0. The number of nitrogens with zero attached hydrogens (tertiary/aromatic N) is 4. The fourth-order valence-corrected chi connectivity index (χ4v) is 3.40. The molecule has 162 valence electrons. The smallest absolute Gasteiger partial charge is 0.236 e. The molecule has 8 heteroatoms. The molecule has 4 rings (SSSR count). The van der Waals surface area contributed by atoms with Gasteiger partial charge in [-0.2, -0.15) is 0 Å². The second-order valence-corrected chi connectivity index (χ2v) is 6.94. The van der Waals surface area contributed by atoms with Crippen LogP contribution in [-0.2, 0) is 4.74 Å². The number of aliphatic hydroxyl groups excluding tert-OH is 1. The summed E-state index contributed by atoms with van der Waals surface area (Å²) in [5, 5.41) is 12.6. The van der Waals surface area contributed by atoms with Crippen molar-refractivity contribution in [1.82, 2.24) is 15.0 Å². The molecule has 1 atom stereocenters. The number of methoxy groups -OCH3 is 1. The van der Waals surface area contributed by atoms with Crippen LogP contribution in [0.15, 0.2) is 91.5 Å². The third kappa shape index (κ3) is 4.88. The van der Waals surface area contributed by atoms with Crippen molar-refractivity contribution in [2.45, 2.75) is 12.5 Å². The van der Waals surface area contributed by atoms with Crippen LogP contribution in [0, 0.1) is 5.82 Å². The number of aliphatic hydroxyl groups is 1. The Bertz CT molecular complexity index is 1090. The average Bonchev–Trinajstić information content (AvgIpc) is 2.84. The van der Waals surface area contributed by atoms with Gasteiger partial charge in [0.25, 0.3) is 0 Å². The number of anilines is 3. The van der Waals surface area contributed by atoms with Gasteiger partial charge in [0.1, 0.15) is 17.5 Å². The van der Waals surface area contributed by atoms with Gasteiger partial charge in [-0.25, -0.2) is 9.37 Å². The maximum atomic E-state index is 13.7. The van der Waals surface area contributed by atoms with Crippen LogP contribution in [0.4, 0.5) is 21.7 Å². The zero-order valence-electron chi connectivity index (χ0n) is 17.3. The number of aromatic nitrogens is 3. The molecule has 1 aromatic carbocycles. The number of halogens is 1. The number of hydrogen-bond donors (Lipinski definition) is 2. The van der Waals surface area contributed by atoms with Crippen LogP contribution in [0.5, 0.6) is 0 Å². The van der Waals surface area contributed by atoms with Crippen molar-refractivity contribution in [3.63, 3.8) is 0 Å². The first-order chi connectivity index (χ1) is 15.7. The van der Waals surface area contributed by atoms with Crippen LogP contribution < -0.4 is 10.2 Å². The third-order valence-corrected chi connectivity index (χ3v) is 4.84. The first-order valence-electron chi connectivity index (χ1n) is 9.95. The number of hydrogen-bond acceptors (Lipinski definition) is 7. The predicted molar refractivity (Wildman–Crippen MR) is 120 cm³/mol. The predicted octanol–water partition coefficient (Wildman–Crippen LogP) is 4.27. The van der Waals surface area contributed by atoms with Gasteiger partial charge >= 0.3 is 0 Å². The molecule has 2 N–H and O–H groups in total. The number of nitrogens with one attached hydrogen (secondary N) is 1. The minimum absolute atomic E-state index is 0.334. The van der Waals surface area contributed by atoms with Gasteiger partial charge in [0.05, 0.1) is 6.04 Å². The Labute approximate surface area is 185 Å². The molecule has 0 radical (unpaired) electrons. The maximum Gasteiger partial charge on any atom is 0.236 e. The first kappa shape index (κ1) is 21.4. The van der Waals surface area contributed by atoms with E-state index in [0.29, 0.717) is 11.6 Å². The quantitative estimate of drug-likeness (QED) is 0.403. The van der Waals surface area contributed by atoms with Crippen molar-refractivity contribution in [2.24, 2.45) is 0 Å². The van der Waals surface area contributed by atoms with Crippen molar-refractivity contribution in [2.75, 3.05) is 17.3 Å². The Morgan fingerprint density at radius 2 is 1.56 bits per heavy atom. The van der Waals surface area contributed by atoms with E-state index in [4.69, 9.17) is 4.74 Å². The normalized spacial score (nSPS) is 11.9. The Morgan fingerprint density at radius 1 is 0.906 bits per heavy atom. The summed E-state index contributed by atoms with van der Waals surface area (Å²) >= 11 is 0. The molecule has 0 fully saturated rings. The summed E-state index contributed by atoms with van der Waals surface area (Å²) in [5.74, 6) is 0.655. The summed E-state index contributed by atoms with van der Waals surface area (Å²) in [7, 11) is 1.38. The van der Waals surface area contributed by atoms with Crippen LogP contribution in [0.1, 0.15) is 17.2 Å². The highest BCUT2D eigenvalue weighted by molar-refractivity contribution is 5.65. The fraction of sp³-hybridized carbons (Fsp3) is 0.125. The maximum absolute atomic E-state index is 13.7. The molecule has 0 aliphatic rings. The molecular weight excluding hydrogens is 409 g/mol. The Balaban J connectivity index is 1.88. The Morgan fingerprint density at radius 3 is 2.12 bits per heavy atom. The van der Waals surface area contributed by atoms with Crippen LogP contribution in [0.25, 0.3) is 0 Å². The molecule has 0 spiro atoms. The van der Waals surface area contributed by atoms with Crippen molar-refractivity contribution >= 4 is 17.3 Å². The summed E-state index contributed by atoms with van der Waals surface area (Å²) in [5.41, 5.74) is 2.53. The van der Waals surface area contributed by atoms with Crippen LogP contribution >= 0.6 is 0 Å². The summed E-state index contributed by atoms with van der Waals surface area (Å²) in [6, 6.07) is 18.9. The van der Waals surface area contributed by atoms with E-state index in [1.807, 2.05) is 41.3 Å². The number of benzene rings is 1. The molecule has 0 saturated carbocycles. The molecule has 0 aliphatic carbocycles. The van der Waals surface area contributed by atoms with Gasteiger partial charge < -0.3 is 20.1 Å². The highest BCUT2D eigenvalue weighted by Gasteiger charge is 2.26. The van der Waals surface area contributed by atoms with Crippen molar-refractivity contribution < 1.29 is 14.2 Å². The van der Waals surface area contributed by atoms with Gasteiger partial charge in [0.15, 0.2) is 0 Å². The van der Waals surface area contributed by atoms with Crippen LogP contribution in [0.3, 0.4) is 0 Å². The summed E-state index contributed by atoms with van der Waals surface area (Å²) < 4.78 is 18.6. The van der Waals surface area contributed by atoms with Gasteiger partial charge in [-0.1, -0.05) is 18.2 Å². The van der Waals surface area contributed by atoms with Gasteiger partial charge in [-0.15, -0.1) is 0 Å². The standard InChI is InChI=1S/C24H22FN5O2/c1-32-24(31)29-21-7-2-8-22(28-21)30(20-11-9-19(25)10-12-20)23(17-5-3-13-26-15-17)18-6-4-14-27-16-18/h2-16,23-24,31H,1H3,(H,28,29). The molecule has 0 aliphatic heterocycles. The lowest BCUT2D eigenvalue weighted by atomic mass is 9.99. The fourth-order valence-electron chi connectivity index (χ4n) is 3.40. The monoisotopic (exact) mass is 431 g/mol. The zero-order chi connectivity index (χ0) is 22.3. The number of rotatable bonds is 8. The zero-order valence-corrected chi connectivity index (χ0v) is 17.3. The lowest BCUT2D eigenvalue weighted by Gasteiger charge is -2.33. The lowest BCUT2D eigenvalue weighted by molar-refractivity contribution is -0.0512. The molecule has 7 nitrogen and oxygen atoms in total. The minimum atomic E-state index is -1.20. The second kappa shape index (κ2) is 9.95. The number of ether oxygens (including phenoxy) is 1. The molecular formula is C24H22FN5O2. The molecule has 1 unspecified atom stereocenters. The SMILES string of the molecule is COC(O)Nc1cccc(N(c2ccc(F)cc2)C(c2cccnc2)c2cccnc2)n1. The molecule has 0 amide bonds.